The summed E-state index contributed by atoms with van der Waals surface area (Å²) in [5.74, 6) is -1.76. The van der Waals surface area contributed by atoms with Crippen molar-refractivity contribution in [2.24, 2.45) is 0 Å². The van der Waals surface area contributed by atoms with Crippen LogP contribution < -0.4 is 0 Å². The fourth-order valence-corrected chi connectivity index (χ4v) is 1.67. The highest BCUT2D eigenvalue weighted by Crippen LogP contribution is 2.11. The number of carbonyl (C=O) groups is 1. The van der Waals surface area contributed by atoms with Crippen molar-refractivity contribution in [3.05, 3.63) is 35.4 Å². The Hall–Kier alpha value is -1.29. The zero-order valence-electron chi connectivity index (χ0n) is 10.2. The van der Waals surface area contributed by atoms with Gasteiger partial charge in [0.05, 0.1) is 12.1 Å². The molecule has 0 bridgehead atoms. The number of nitrogens with zero attached hydrogens (tertiary/aromatic N) is 1. The number of hydrogen-bond donors (Lipinski definition) is 0. The first-order chi connectivity index (χ1) is 8.08. The van der Waals surface area contributed by atoms with E-state index < -0.39 is 11.6 Å². The Bertz CT molecular complexity index is 393. The van der Waals surface area contributed by atoms with Crippen molar-refractivity contribution in [1.29, 1.82) is 0 Å². The van der Waals surface area contributed by atoms with Gasteiger partial charge in [-0.15, -0.1) is 0 Å². The highest BCUT2D eigenvalue weighted by molar-refractivity contribution is 5.97. The summed E-state index contributed by atoms with van der Waals surface area (Å²) in [5.41, 5.74) is -0.0408. The van der Waals surface area contributed by atoms with E-state index in [-0.39, 0.29) is 17.9 Å². The van der Waals surface area contributed by atoms with Gasteiger partial charge in [-0.1, -0.05) is 13.8 Å². The van der Waals surface area contributed by atoms with Crippen LogP contribution in [0, 0.1) is 11.6 Å². The summed E-state index contributed by atoms with van der Waals surface area (Å²) in [6, 6.07) is 3.04. The number of hydrogen-bond acceptors (Lipinski definition) is 2. The van der Waals surface area contributed by atoms with Crippen molar-refractivity contribution in [2.45, 2.75) is 20.3 Å². The fraction of sp³-hybridized carbons (Fsp3) is 0.462. The van der Waals surface area contributed by atoms with E-state index in [0.717, 1.165) is 31.6 Å². The molecule has 1 aromatic carbocycles. The second-order valence-corrected chi connectivity index (χ2v) is 3.92. The first-order valence-corrected chi connectivity index (χ1v) is 5.79. The van der Waals surface area contributed by atoms with E-state index in [1.54, 1.807) is 0 Å². The van der Waals surface area contributed by atoms with Gasteiger partial charge in [0, 0.05) is 6.07 Å². The Morgan fingerprint density at radius 1 is 1.29 bits per heavy atom. The summed E-state index contributed by atoms with van der Waals surface area (Å²) in [6.07, 6.45) is 0.938. The second kappa shape index (κ2) is 6.45. The SMILES string of the molecule is CCCN(CC)CC(=O)c1ccc(F)cc1F. The van der Waals surface area contributed by atoms with Crippen LogP contribution in [0.2, 0.25) is 0 Å². The summed E-state index contributed by atoms with van der Waals surface area (Å²) >= 11 is 0. The van der Waals surface area contributed by atoms with Crippen LogP contribution in [-0.2, 0) is 0 Å². The van der Waals surface area contributed by atoms with Gasteiger partial charge in [-0.25, -0.2) is 8.78 Å². The lowest BCUT2D eigenvalue weighted by Gasteiger charge is -2.18. The lowest BCUT2D eigenvalue weighted by molar-refractivity contribution is 0.0930. The molecule has 17 heavy (non-hydrogen) atoms. The van der Waals surface area contributed by atoms with Crippen LogP contribution in [0.5, 0.6) is 0 Å². The van der Waals surface area contributed by atoms with Gasteiger partial charge in [0.1, 0.15) is 11.6 Å². The maximum absolute atomic E-state index is 13.4. The third kappa shape index (κ3) is 3.89. The summed E-state index contributed by atoms with van der Waals surface area (Å²) in [6.45, 7) is 5.68. The number of carbonyl (C=O) groups excluding carboxylic acids is 1. The van der Waals surface area contributed by atoms with Crippen molar-refractivity contribution in [3.8, 4) is 0 Å². The molecule has 0 fully saturated rings. The number of Topliss-reactive ketones (excluding diaryl/α,β-unsaturated/α-hetero) is 1. The summed E-state index contributed by atoms with van der Waals surface area (Å²) < 4.78 is 26.1. The van der Waals surface area contributed by atoms with Crippen LogP contribution in [0.3, 0.4) is 0 Å². The van der Waals surface area contributed by atoms with E-state index in [2.05, 4.69) is 0 Å². The molecule has 1 aromatic rings. The fourth-order valence-electron chi connectivity index (χ4n) is 1.67. The van der Waals surface area contributed by atoms with E-state index >= 15 is 0 Å². The van der Waals surface area contributed by atoms with Gasteiger partial charge in [0.15, 0.2) is 5.78 Å². The van der Waals surface area contributed by atoms with Crippen LogP contribution in [0.15, 0.2) is 18.2 Å². The molecule has 94 valence electrons. The summed E-state index contributed by atoms with van der Waals surface area (Å²) in [4.78, 5) is 13.8. The molecule has 0 aliphatic rings. The largest absolute Gasteiger partial charge is 0.296 e. The summed E-state index contributed by atoms with van der Waals surface area (Å²) in [5, 5.41) is 0. The maximum atomic E-state index is 13.4. The molecule has 0 N–H and O–H groups in total. The minimum Gasteiger partial charge on any atom is -0.296 e. The minimum atomic E-state index is -0.789. The van der Waals surface area contributed by atoms with Crippen LogP contribution >= 0.6 is 0 Å². The third-order valence-electron chi connectivity index (χ3n) is 2.59. The van der Waals surface area contributed by atoms with Gasteiger partial charge in [0.2, 0.25) is 0 Å². The molecule has 4 heteroatoms. The molecule has 0 amide bonds. The standard InChI is InChI=1S/C13H17F2NO/c1-3-7-16(4-2)9-13(17)11-6-5-10(14)8-12(11)15/h5-6,8H,3-4,7,9H2,1-2H3. The Morgan fingerprint density at radius 3 is 2.53 bits per heavy atom. The molecule has 1 rings (SSSR count). The van der Waals surface area contributed by atoms with Gasteiger partial charge in [-0.05, 0) is 31.6 Å². The monoisotopic (exact) mass is 241 g/mol. The minimum absolute atomic E-state index is 0.0408. The highest BCUT2D eigenvalue weighted by Gasteiger charge is 2.15. The zero-order chi connectivity index (χ0) is 12.8. The lowest BCUT2D eigenvalue weighted by atomic mass is 10.1. The molecule has 0 radical (unpaired) electrons. The van der Waals surface area contributed by atoms with Crippen molar-refractivity contribution in [1.82, 2.24) is 4.90 Å². The van der Waals surface area contributed by atoms with Crippen LogP contribution in [0.25, 0.3) is 0 Å². The molecule has 0 unspecified atom stereocenters. The molecule has 2 nitrogen and oxygen atoms in total. The van der Waals surface area contributed by atoms with Gasteiger partial charge in [-0.2, -0.15) is 0 Å². The van der Waals surface area contributed by atoms with Crippen molar-refractivity contribution in [3.63, 3.8) is 0 Å². The molecule has 0 aliphatic carbocycles. The van der Waals surface area contributed by atoms with Crippen molar-refractivity contribution < 1.29 is 13.6 Å². The molecule has 0 saturated heterocycles. The second-order valence-electron chi connectivity index (χ2n) is 3.92. The normalized spacial score (nSPS) is 10.9. The van der Waals surface area contributed by atoms with E-state index in [4.69, 9.17) is 0 Å². The number of ketones is 1. The van der Waals surface area contributed by atoms with Gasteiger partial charge < -0.3 is 0 Å². The molecular weight excluding hydrogens is 224 g/mol. The number of rotatable bonds is 6. The summed E-state index contributed by atoms with van der Waals surface area (Å²) in [7, 11) is 0. The quantitative estimate of drug-likeness (QED) is 0.714. The number of benzene rings is 1. The van der Waals surface area contributed by atoms with E-state index in [1.807, 2.05) is 18.7 Å². The third-order valence-corrected chi connectivity index (χ3v) is 2.59. The lowest BCUT2D eigenvalue weighted by Crippen LogP contribution is -2.30. The molecule has 0 atom stereocenters. The average Bonchev–Trinajstić information content (AvgIpc) is 2.28. The Labute approximate surface area is 100 Å². The number of likely N-dealkylation sites (N-methyl/N-ethyl adjacent to an activating group) is 1. The van der Waals surface area contributed by atoms with Crippen LogP contribution in [0.4, 0.5) is 8.78 Å². The molecule has 0 heterocycles. The van der Waals surface area contributed by atoms with Crippen molar-refractivity contribution >= 4 is 5.78 Å². The Kier molecular flexibility index (Phi) is 5.22. The van der Waals surface area contributed by atoms with Gasteiger partial charge in [0.25, 0.3) is 0 Å². The smallest absolute Gasteiger partial charge is 0.179 e. The Morgan fingerprint density at radius 2 is 2.00 bits per heavy atom. The Balaban J connectivity index is 2.75. The molecular formula is C13H17F2NO. The molecule has 0 aromatic heterocycles. The first-order valence-electron chi connectivity index (χ1n) is 5.79. The highest BCUT2D eigenvalue weighted by atomic mass is 19.1. The van der Waals surface area contributed by atoms with Crippen molar-refractivity contribution in [2.75, 3.05) is 19.6 Å². The molecule has 0 aliphatic heterocycles. The van der Waals surface area contributed by atoms with Crippen LogP contribution in [-0.4, -0.2) is 30.3 Å². The molecule has 0 saturated carbocycles. The topological polar surface area (TPSA) is 20.3 Å². The maximum Gasteiger partial charge on any atom is 0.179 e. The molecule has 0 spiro atoms. The first kappa shape index (κ1) is 13.8. The predicted octanol–water partition coefficient (Wildman–Crippen LogP) is 2.88. The van der Waals surface area contributed by atoms with Gasteiger partial charge in [-0.3, -0.25) is 9.69 Å². The average molecular weight is 241 g/mol. The number of halogens is 2. The predicted molar refractivity (Wildman–Crippen MR) is 63.1 cm³/mol. The van der Waals surface area contributed by atoms with Gasteiger partial charge >= 0.3 is 0 Å². The van der Waals surface area contributed by atoms with E-state index in [0.29, 0.717) is 0 Å². The van der Waals surface area contributed by atoms with Crippen LogP contribution in [0.1, 0.15) is 30.6 Å². The zero-order valence-corrected chi connectivity index (χ0v) is 10.2. The van der Waals surface area contributed by atoms with E-state index in [1.165, 1.54) is 6.07 Å². The van der Waals surface area contributed by atoms with E-state index in [9.17, 15) is 13.6 Å².